The number of hydrogen-bond acceptors (Lipinski definition) is 8. The Morgan fingerprint density at radius 1 is 1.17 bits per heavy atom. The monoisotopic (exact) mass is 371 g/mol. The molecular formula is C15H9N5OS3. The molecule has 0 radical (unpaired) electrons. The SMILES string of the molecule is Nc1ncc2ncc(-c3csc(/C=C4\SC(=S)NC4=O)c3)cc2n1. The zero-order chi connectivity index (χ0) is 16.7. The number of pyridine rings is 1. The molecule has 118 valence electrons. The van der Waals surface area contributed by atoms with E-state index in [4.69, 9.17) is 18.0 Å². The van der Waals surface area contributed by atoms with Crippen molar-refractivity contribution >= 4 is 68.6 Å². The molecule has 1 aliphatic rings. The van der Waals surface area contributed by atoms with Crippen LogP contribution in [-0.2, 0) is 4.79 Å². The molecule has 1 saturated heterocycles. The number of amides is 1. The van der Waals surface area contributed by atoms with E-state index in [1.54, 1.807) is 23.7 Å². The van der Waals surface area contributed by atoms with E-state index in [0.717, 1.165) is 16.0 Å². The largest absolute Gasteiger partial charge is 0.368 e. The van der Waals surface area contributed by atoms with Gasteiger partial charge < -0.3 is 11.1 Å². The number of carbonyl (C=O) groups is 1. The molecule has 3 aromatic rings. The third-order valence-electron chi connectivity index (χ3n) is 3.32. The Labute approximate surface area is 150 Å². The third-order valence-corrected chi connectivity index (χ3v) is 5.36. The summed E-state index contributed by atoms with van der Waals surface area (Å²) in [6.07, 6.45) is 5.21. The number of fused-ring (bicyclic) bond motifs is 1. The summed E-state index contributed by atoms with van der Waals surface area (Å²) in [6, 6.07) is 3.92. The van der Waals surface area contributed by atoms with E-state index in [-0.39, 0.29) is 11.9 Å². The van der Waals surface area contributed by atoms with Gasteiger partial charge in [-0.05, 0) is 29.2 Å². The molecule has 0 aromatic carbocycles. The van der Waals surface area contributed by atoms with Gasteiger partial charge in [-0.1, -0.05) is 24.0 Å². The fraction of sp³-hybridized carbons (Fsp3) is 0. The van der Waals surface area contributed by atoms with Crippen LogP contribution in [0.1, 0.15) is 4.88 Å². The third kappa shape index (κ3) is 2.88. The van der Waals surface area contributed by atoms with Crippen molar-refractivity contribution in [1.29, 1.82) is 0 Å². The Balaban J connectivity index is 1.69. The Hall–Kier alpha value is -2.36. The summed E-state index contributed by atoms with van der Waals surface area (Å²) in [4.78, 5) is 25.8. The normalized spacial score (nSPS) is 16.1. The van der Waals surface area contributed by atoms with Crippen LogP contribution in [-0.4, -0.2) is 25.2 Å². The number of hydrogen-bond donors (Lipinski definition) is 2. The van der Waals surface area contributed by atoms with Gasteiger partial charge in [0.1, 0.15) is 9.84 Å². The van der Waals surface area contributed by atoms with Crippen molar-refractivity contribution in [2.45, 2.75) is 0 Å². The highest BCUT2D eigenvalue weighted by molar-refractivity contribution is 8.26. The van der Waals surface area contributed by atoms with Gasteiger partial charge in [0.05, 0.1) is 16.6 Å². The molecule has 4 rings (SSSR count). The van der Waals surface area contributed by atoms with Crippen molar-refractivity contribution in [1.82, 2.24) is 20.3 Å². The minimum atomic E-state index is -0.153. The van der Waals surface area contributed by atoms with E-state index in [1.807, 2.05) is 23.6 Å². The van der Waals surface area contributed by atoms with Gasteiger partial charge >= 0.3 is 0 Å². The number of thioether (sulfide) groups is 1. The van der Waals surface area contributed by atoms with Crippen LogP contribution in [0.15, 0.2) is 34.8 Å². The van der Waals surface area contributed by atoms with Gasteiger partial charge in [0.25, 0.3) is 5.91 Å². The van der Waals surface area contributed by atoms with E-state index in [2.05, 4.69) is 20.3 Å². The highest BCUT2D eigenvalue weighted by Gasteiger charge is 2.22. The summed E-state index contributed by atoms with van der Waals surface area (Å²) < 4.78 is 0.485. The number of thiocarbonyl (C=S) groups is 1. The number of rotatable bonds is 2. The van der Waals surface area contributed by atoms with Gasteiger partial charge in [0.2, 0.25) is 5.95 Å². The molecule has 0 aliphatic carbocycles. The average molecular weight is 371 g/mol. The summed E-state index contributed by atoms with van der Waals surface area (Å²) in [6.45, 7) is 0. The Morgan fingerprint density at radius 2 is 2.04 bits per heavy atom. The van der Waals surface area contributed by atoms with Gasteiger partial charge in [-0.3, -0.25) is 9.78 Å². The summed E-state index contributed by atoms with van der Waals surface area (Å²) in [7, 11) is 0. The molecule has 0 atom stereocenters. The molecule has 0 bridgehead atoms. The number of aromatic nitrogens is 3. The first-order valence-corrected chi connectivity index (χ1v) is 8.91. The number of nitrogens with one attached hydrogen (secondary N) is 1. The van der Waals surface area contributed by atoms with Gasteiger partial charge in [0, 0.05) is 16.6 Å². The van der Waals surface area contributed by atoms with Crippen molar-refractivity contribution in [3.8, 4) is 11.1 Å². The van der Waals surface area contributed by atoms with E-state index in [0.29, 0.717) is 20.3 Å². The molecule has 24 heavy (non-hydrogen) atoms. The zero-order valence-corrected chi connectivity index (χ0v) is 14.5. The van der Waals surface area contributed by atoms with Gasteiger partial charge in [-0.15, -0.1) is 11.3 Å². The first-order valence-electron chi connectivity index (χ1n) is 6.80. The molecule has 1 fully saturated rings. The summed E-state index contributed by atoms with van der Waals surface area (Å²) in [5.74, 6) is 0.0666. The lowest BCUT2D eigenvalue weighted by Crippen LogP contribution is -2.17. The minimum absolute atomic E-state index is 0.153. The lowest BCUT2D eigenvalue weighted by molar-refractivity contribution is -0.115. The molecule has 1 amide bonds. The van der Waals surface area contributed by atoms with E-state index in [1.165, 1.54) is 11.8 Å². The van der Waals surface area contributed by atoms with Crippen molar-refractivity contribution < 1.29 is 4.79 Å². The number of nitrogens with zero attached hydrogens (tertiary/aromatic N) is 3. The van der Waals surface area contributed by atoms with Gasteiger partial charge in [-0.2, -0.15) is 0 Å². The molecule has 1 aliphatic heterocycles. The van der Waals surface area contributed by atoms with Crippen LogP contribution in [0.2, 0.25) is 0 Å². The summed E-state index contributed by atoms with van der Waals surface area (Å²) >= 11 is 7.81. The van der Waals surface area contributed by atoms with Crippen molar-refractivity contribution in [3.05, 3.63) is 39.7 Å². The maximum absolute atomic E-state index is 11.7. The molecule has 4 heterocycles. The smallest absolute Gasteiger partial charge is 0.263 e. The van der Waals surface area contributed by atoms with Crippen LogP contribution in [0.3, 0.4) is 0 Å². The second kappa shape index (κ2) is 5.93. The molecule has 3 N–H and O–H groups in total. The highest BCUT2D eigenvalue weighted by atomic mass is 32.2. The van der Waals surface area contributed by atoms with Crippen molar-refractivity contribution in [2.24, 2.45) is 0 Å². The average Bonchev–Trinajstić information content (AvgIpc) is 3.13. The predicted molar refractivity (Wildman–Crippen MR) is 101 cm³/mol. The first kappa shape index (κ1) is 15.2. The molecule has 3 aromatic heterocycles. The molecule has 0 saturated carbocycles. The second-order valence-corrected chi connectivity index (χ2v) is 7.61. The molecule has 0 spiro atoms. The lowest BCUT2D eigenvalue weighted by atomic mass is 10.1. The number of anilines is 1. The standard InChI is InChI=1S/C15H9N5OS3/c16-14-18-5-11-10(19-14)2-7(4-17-11)8-1-9(23-6-8)3-12-13(21)20-15(22)24-12/h1-6H,(H2,16,18,19)(H,20,21,22)/b12-3-. The van der Waals surface area contributed by atoms with Crippen LogP contribution in [0, 0.1) is 0 Å². The minimum Gasteiger partial charge on any atom is -0.368 e. The van der Waals surface area contributed by atoms with Crippen LogP contribution < -0.4 is 11.1 Å². The zero-order valence-electron chi connectivity index (χ0n) is 12.0. The van der Waals surface area contributed by atoms with E-state index < -0.39 is 0 Å². The molecular weight excluding hydrogens is 362 g/mol. The summed E-state index contributed by atoms with van der Waals surface area (Å²) in [5.41, 5.74) is 8.95. The number of thiophene rings is 1. The van der Waals surface area contributed by atoms with Crippen molar-refractivity contribution in [2.75, 3.05) is 5.73 Å². The number of nitrogen functional groups attached to an aromatic ring is 1. The molecule has 9 heteroatoms. The van der Waals surface area contributed by atoms with Gasteiger partial charge in [0.15, 0.2) is 0 Å². The molecule has 6 nitrogen and oxygen atoms in total. The second-order valence-electron chi connectivity index (χ2n) is 4.95. The van der Waals surface area contributed by atoms with E-state index in [9.17, 15) is 4.79 Å². The predicted octanol–water partition coefficient (Wildman–Crippen LogP) is 2.82. The molecule has 0 unspecified atom stereocenters. The van der Waals surface area contributed by atoms with Crippen LogP contribution >= 0.6 is 35.3 Å². The number of carbonyl (C=O) groups excluding carboxylic acids is 1. The van der Waals surface area contributed by atoms with Gasteiger partial charge in [-0.25, -0.2) is 9.97 Å². The summed E-state index contributed by atoms with van der Waals surface area (Å²) in [5, 5.41) is 4.62. The fourth-order valence-electron chi connectivity index (χ4n) is 2.22. The number of nitrogens with two attached hydrogens (primary N) is 1. The fourth-order valence-corrected chi connectivity index (χ4v) is 4.18. The first-order chi connectivity index (χ1) is 11.6. The Kier molecular flexibility index (Phi) is 3.75. The van der Waals surface area contributed by atoms with Crippen LogP contribution in [0.4, 0.5) is 5.95 Å². The van der Waals surface area contributed by atoms with Crippen LogP contribution in [0.5, 0.6) is 0 Å². The van der Waals surface area contributed by atoms with E-state index >= 15 is 0 Å². The Bertz CT molecular complexity index is 1030. The highest BCUT2D eigenvalue weighted by Crippen LogP contribution is 2.31. The Morgan fingerprint density at radius 3 is 2.83 bits per heavy atom. The van der Waals surface area contributed by atoms with Crippen molar-refractivity contribution in [3.63, 3.8) is 0 Å². The lowest BCUT2D eigenvalue weighted by Gasteiger charge is -2.00. The van der Waals surface area contributed by atoms with Crippen LogP contribution in [0.25, 0.3) is 28.2 Å². The maximum Gasteiger partial charge on any atom is 0.263 e. The topological polar surface area (TPSA) is 93.8 Å². The quantitative estimate of drug-likeness (QED) is 0.528. The maximum atomic E-state index is 11.7.